The van der Waals surface area contributed by atoms with Gasteiger partial charge in [-0.05, 0) is 12.5 Å². The smallest absolute Gasteiger partial charge is 0.347 e. The highest BCUT2D eigenvalue weighted by molar-refractivity contribution is 7.98. The lowest BCUT2D eigenvalue weighted by Crippen LogP contribution is -2.34. The van der Waals surface area contributed by atoms with Crippen molar-refractivity contribution >= 4 is 28.7 Å². The van der Waals surface area contributed by atoms with Gasteiger partial charge in [-0.2, -0.15) is 0 Å². The first-order valence-electron chi connectivity index (χ1n) is 7.09. The van der Waals surface area contributed by atoms with Crippen molar-refractivity contribution in [2.45, 2.75) is 17.8 Å². The topological polar surface area (TPSA) is 112 Å². The molecular formula is C15H15N5O3S. The van der Waals surface area contributed by atoms with Crippen LogP contribution in [0.15, 0.2) is 35.7 Å². The van der Waals surface area contributed by atoms with Crippen molar-refractivity contribution in [3.63, 3.8) is 0 Å². The molecule has 3 rings (SSSR count). The van der Waals surface area contributed by atoms with Crippen molar-refractivity contribution < 1.29 is 9.22 Å². The number of imidazole rings is 1. The molecule has 0 unspecified atom stereocenters. The number of rotatable bonds is 4. The quantitative estimate of drug-likeness (QED) is 0.566. The number of fused-ring (bicyclic) bond motifs is 1. The Balaban J connectivity index is 2.21. The predicted octanol–water partition coefficient (Wildman–Crippen LogP) is 1.33. The molecule has 0 aliphatic rings. The highest BCUT2D eigenvalue weighted by Crippen LogP contribution is 2.24. The maximum Gasteiger partial charge on any atom is 0.347 e. The average Bonchev–Trinajstić information content (AvgIpc) is 2.94. The van der Waals surface area contributed by atoms with Crippen LogP contribution in [-0.4, -0.2) is 20.2 Å². The molecular weight excluding hydrogens is 330 g/mol. The number of nitrogens with two attached hydrogens (primary N) is 1. The number of primary amides is 1. The Morgan fingerprint density at radius 1 is 1.46 bits per heavy atom. The van der Waals surface area contributed by atoms with Gasteiger partial charge in [0, 0.05) is 36.2 Å². The molecule has 1 aromatic carbocycles. The number of nitrogens with zero attached hydrogens (tertiary/aromatic N) is 4. The summed E-state index contributed by atoms with van der Waals surface area (Å²) in [5.74, 6) is -0.840. The van der Waals surface area contributed by atoms with Gasteiger partial charge in [-0.1, -0.05) is 23.9 Å². The van der Waals surface area contributed by atoms with Gasteiger partial charge in [-0.25, -0.2) is 4.98 Å². The van der Waals surface area contributed by atoms with Gasteiger partial charge in [-0.15, -0.1) is 0 Å². The number of thioether (sulfide) groups is 1. The van der Waals surface area contributed by atoms with E-state index in [1.54, 1.807) is 36.0 Å². The van der Waals surface area contributed by atoms with Gasteiger partial charge in [0.1, 0.15) is 11.2 Å². The maximum absolute atomic E-state index is 12.8. The minimum atomic E-state index is -0.937. The monoisotopic (exact) mass is 345 g/mol. The first kappa shape index (κ1) is 16.1. The van der Waals surface area contributed by atoms with Crippen LogP contribution in [0.2, 0.25) is 0 Å². The Morgan fingerprint density at radius 3 is 2.83 bits per heavy atom. The van der Waals surface area contributed by atoms with E-state index in [2.05, 4.69) is 4.98 Å². The van der Waals surface area contributed by atoms with Gasteiger partial charge in [-0.3, -0.25) is 4.79 Å². The van der Waals surface area contributed by atoms with Crippen LogP contribution in [0.1, 0.15) is 21.7 Å². The number of hydrogen-bond acceptors (Lipinski definition) is 5. The second kappa shape index (κ2) is 6.00. The van der Waals surface area contributed by atoms with E-state index in [-0.39, 0.29) is 28.2 Å². The molecule has 0 saturated heterocycles. The van der Waals surface area contributed by atoms with Crippen LogP contribution >= 0.6 is 11.8 Å². The molecule has 3 aromatic rings. The number of benzene rings is 1. The van der Waals surface area contributed by atoms with E-state index in [0.717, 1.165) is 0 Å². The van der Waals surface area contributed by atoms with E-state index in [4.69, 9.17) is 5.73 Å². The summed E-state index contributed by atoms with van der Waals surface area (Å²) in [4.78, 5) is 28.5. The average molecular weight is 345 g/mol. The lowest BCUT2D eigenvalue weighted by molar-refractivity contribution is -0.468. The molecule has 0 aliphatic heterocycles. The van der Waals surface area contributed by atoms with Crippen molar-refractivity contribution in [1.29, 1.82) is 0 Å². The first-order valence-corrected chi connectivity index (χ1v) is 8.07. The molecule has 0 atom stereocenters. The van der Waals surface area contributed by atoms with Gasteiger partial charge in [0.2, 0.25) is 0 Å². The highest BCUT2D eigenvalue weighted by atomic mass is 32.2. The maximum atomic E-state index is 12.8. The van der Waals surface area contributed by atoms with Crippen molar-refractivity contribution in [2.75, 3.05) is 0 Å². The summed E-state index contributed by atoms with van der Waals surface area (Å²) in [6.07, 6.45) is 3.39. The Morgan fingerprint density at radius 2 is 2.21 bits per heavy atom. The minimum Gasteiger partial charge on any atom is -0.805 e. The van der Waals surface area contributed by atoms with Crippen LogP contribution in [0, 0.1) is 17.0 Å². The second-order valence-electron chi connectivity index (χ2n) is 5.30. The standard InChI is InChI=1S/C15H15N5O3S/c1-9-4-3-5-10-12(9)20(23)11(13(14(16)21)19(10)22)8-24-15-17-6-7-18(15)2/h3-7H,8H2,1-2H3,(H2,16,21). The molecule has 1 amide bonds. The molecule has 0 spiro atoms. The Kier molecular flexibility index (Phi) is 4.02. The molecule has 0 saturated carbocycles. The molecule has 0 aliphatic carbocycles. The lowest BCUT2D eigenvalue weighted by Gasteiger charge is -2.19. The van der Waals surface area contributed by atoms with E-state index in [1.807, 2.05) is 7.05 Å². The summed E-state index contributed by atoms with van der Waals surface area (Å²) in [5, 5.41) is 13.4. The number of amides is 1. The van der Waals surface area contributed by atoms with E-state index in [1.165, 1.54) is 17.8 Å². The third kappa shape index (κ3) is 2.52. The fraction of sp³-hybridized carbons (Fsp3) is 0.200. The summed E-state index contributed by atoms with van der Waals surface area (Å²) in [6.45, 7) is 1.73. The fourth-order valence-electron chi connectivity index (χ4n) is 2.53. The normalized spacial score (nSPS) is 11.1. The SMILES string of the molecule is Cc1cccc2c1n([O-])c(CSc1nccn1C)c(C(N)=O)[n+]2=O. The van der Waals surface area contributed by atoms with Gasteiger partial charge in [0.25, 0.3) is 5.52 Å². The summed E-state index contributed by atoms with van der Waals surface area (Å²) >= 11 is 1.25. The largest absolute Gasteiger partial charge is 0.805 e. The van der Waals surface area contributed by atoms with Crippen LogP contribution in [0.5, 0.6) is 0 Å². The van der Waals surface area contributed by atoms with Crippen molar-refractivity contribution in [2.24, 2.45) is 12.8 Å². The van der Waals surface area contributed by atoms with Crippen LogP contribution in [-0.2, 0) is 12.8 Å². The van der Waals surface area contributed by atoms with Crippen LogP contribution < -0.4 is 10.2 Å². The molecule has 2 heterocycles. The molecule has 24 heavy (non-hydrogen) atoms. The van der Waals surface area contributed by atoms with E-state index < -0.39 is 5.91 Å². The highest BCUT2D eigenvalue weighted by Gasteiger charge is 2.28. The Labute approximate surface area is 141 Å². The molecule has 2 aromatic heterocycles. The number of carbonyl (C=O) groups excluding carboxylic acids is 1. The molecule has 124 valence electrons. The zero-order valence-electron chi connectivity index (χ0n) is 13.1. The van der Waals surface area contributed by atoms with Gasteiger partial charge < -0.3 is 20.2 Å². The number of carbonyl (C=O) groups is 1. The fourth-order valence-corrected chi connectivity index (χ4v) is 3.45. The molecule has 0 bridgehead atoms. The van der Waals surface area contributed by atoms with Crippen molar-refractivity contribution in [3.05, 3.63) is 57.7 Å². The lowest BCUT2D eigenvalue weighted by atomic mass is 10.1. The zero-order chi connectivity index (χ0) is 17.4. The van der Waals surface area contributed by atoms with Crippen LogP contribution in [0.4, 0.5) is 0 Å². The number of para-hydroxylation sites is 1. The van der Waals surface area contributed by atoms with Gasteiger partial charge >= 0.3 is 11.6 Å². The van der Waals surface area contributed by atoms with E-state index >= 15 is 0 Å². The molecule has 8 nitrogen and oxygen atoms in total. The molecule has 0 radical (unpaired) electrons. The number of hydrogen-bond donors (Lipinski definition) is 1. The third-order valence-electron chi connectivity index (χ3n) is 3.71. The van der Waals surface area contributed by atoms with Crippen molar-refractivity contribution in [1.82, 2.24) is 14.3 Å². The Hall–Kier alpha value is -2.81. The van der Waals surface area contributed by atoms with Gasteiger partial charge in [0.15, 0.2) is 5.16 Å². The van der Waals surface area contributed by atoms with Crippen molar-refractivity contribution in [3.8, 4) is 0 Å². The number of aryl methyl sites for hydroxylation is 2. The summed E-state index contributed by atoms with van der Waals surface area (Å²) in [5.41, 5.74) is 6.02. The molecule has 2 N–H and O–H groups in total. The molecule has 0 fully saturated rings. The van der Waals surface area contributed by atoms with E-state index in [9.17, 15) is 14.9 Å². The number of aromatic nitrogens is 4. The first-order chi connectivity index (χ1) is 11.4. The van der Waals surface area contributed by atoms with Crippen LogP contribution in [0.25, 0.3) is 11.0 Å². The Bertz CT molecular complexity index is 1010. The summed E-state index contributed by atoms with van der Waals surface area (Å²) < 4.78 is 2.84. The summed E-state index contributed by atoms with van der Waals surface area (Å²) in [7, 11) is 1.81. The second-order valence-corrected chi connectivity index (χ2v) is 6.24. The molecule has 9 heteroatoms. The van der Waals surface area contributed by atoms with E-state index in [0.29, 0.717) is 19.9 Å². The van der Waals surface area contributed by atoms with Crippen LogP contribution in [0.3, 0.4) is 0 Å². The summed E-state index contributed by atoms with van der Waals surface area (Å²) in [6, 6.07) is 4.88. The predicted molar refractivity (Wildman–Crippen MR) is 90.1 cm³/mol. The zero-order valence-corrected chi connectivity index (χ0v) is 13.9. The minimum absolute atomic E-state index is 0.0206. The third-order valence-corrected chi connectivity index (χ3v) is 4.78. The van der Waals surface area contributed by atoms with Gasteiger partial charge in [0.05, 0.1) is 4.43 Å².